The third-order valence-electron chi connectivity index (χ3n) is 4.33. The van der Waals surface area contributed by atoms with E-state index in [0.29, 0.717) is 19.0 Å². The number of nitrogens with zero attached hydrogens (tertiary/aromatic N) is 4. The average Bonchev–Trinajstić information content (AvgIpc) is 3.10. The topological polar surface area (TPSA) is 62.5 Å². The lowest BCUT2D eigenvalue weighted by Gasteiger charge is -2.36. The molecule has 122 valence electrons. The first kappa shape index (κ1) is 15.7. The molecule has 1 aliphatic rings. The van der Waals surface area contributed by atoms with Gasteiger partial charge in [-0.1, -0.05) is 30.3 Å². The Kier molecular flexibility index (Phi) is 4.71. The number of hydrogen-bond acceptors (Lipinski definition) is 5. The fourth-order valence-electron chi connectivity index (χ4n) is 2.81. The van der Waals surface area contributed by atoms with Crippen LogP contribution in [0.15, 0.2) is 34.9 Å². The maximum Gasteiger partial charge on any atom is 0.253 e. The van der Waals surface area contributed by atoms with Crippen molar-refractivity contribution in [2.24, 2.45) is 0 Å². The molecule has 0 spiro atoms. The van der Waals surface area contributed by atoms with Crippen molar-refractivity contribution >= 4 is 5.91 Å². The van der Waals surface area contributed by atoms with Crippen LogP contribution in [0.3, 0.4) is 0 Å². The van der Waals surface area contributed by atoms with Gasteiger partial charge in [-0.25, -0.2) is 0 Å². The second-order valence-corrected chi connectivity index (χ2v) is 5.77. The summed E-state index contributed by atoms with van der Waals surface area (Å²) in [6.07, 6.45) is 0.773. The molecule has 0 bridgehead atoms. The Morgan fingerprint density at radius 1 is 1.22 bits per heavy atom. The van der Waals surface area contributed by atoms with Gasteiger partial charge in [0.25, 0.3) is 5.91 Å². The summed E-state index contributed by atoms with van der Waals surface area (Å²) in [5.41, 5.74) is 0.749. The van der Waals surface area contributed by atoms with Crippen LogP contribution in [0.5, 0.6) is 0 Å². The van der Waals surface area contributed by atoms with Gasteiger partial charge in [0.2, 0.25) is 5.89 Å². The third-order valence-corrected chi connectivity index (χ3v) is 4.33. The van der Waals surface area contributed by atoms with Crippen LogP contribution in [0, 0.1) is 0 Å². The van der Waals surface area contributed by atoms with Gasteiger partial charge < -0.3 is 9.42 Å². The van der Waals surface area contributed by atoms with Gasteiger partial charge in [-0.05, 0) is 19.1 Å². The predicted molar refractivity (Wildman–Crippen MR) is 86.0 cm³/mol. The smallest absolute Gasteiger partial charge is 0.253 e. The lowest BCUT2D eigenvalue weighted by Crippen LogP contribution is -2.49. The summed E-state index contributed by atoms with van der Waals surface area (Å²) in [6, 6.07) is 9.52. The Morgan fingerprint density at radius 2 is 1.91 bits per heavy atom. The van der Waals surface area contributed by atoms with Crippen LogP contribution in [-0.4, -0.2) is 52.0 Å². The minimum atomic E-state index is 0.0803. The molecule has 1 saturated heterocycles. The van der Waals surface area contributed by atoms with E-state index in [1.54, 1.807) is 0 Å². The molecule has 2 heterocycles. The van der Waals surface area contributed by atoms with Crippen LogP contribution in [0.25, 0.3) is 0 Å². The molecule has 3 rings (SSSR count). The molecule has 23 heavy (non-hydrogen) atoms. The predicted octanol–water partition coefficient (Wildman–Crippen LogP) is 2.15. The second-order valence-electron chi connectivity index (χ2n) is 5.77. The molecule has 6 heteroatoms. The zero-order valence-electron chi connectivity index (χ0n) is 13.6. The molecule has 1 fully saturated rings. The largest absolute Gasteiger partial charge is 0.338 e. The van der Waals surface area contributed by atoms with Crippen molar-refractivity contribution in [1.29, 1.82) is 0 Å². The number of aryl methyl sites for hydroxylation is 1. The summed E-state index contributed by atoms with van der Waals surface area (Å²) in [5, 5.41) is 3.96. The summed E-state index contributed by atoms with van der Waals surface area (Å²) < 4.78 is 5.33. The Hall–Kier alpha value is -2.21. The molecular weight excluding hydrogens is 292 g/mol. The molecule has 0 N–H and O–H groups in total. The van der Waals surface area contributed by atoms with E-state index < -0.39 is 0 Å². The lowest BCUT2D eigenvalue weighted by atomic mass is 10.1. The van der Waals surface area contributed by atoms with Crippen molar-refractivity contribution in [3.05, 3.63) is 47.6 Å². The molecule has 2 aromatic rings. The molecule has 1 aliphatic heterocycles. The Labute approximate surface area is 136 Å². The van der Waals surface area contributed by atoms with Gasteiger partial charge in [0.1, 0.15) is 0 Å². The van der Waals surface area contributed by atoms with Gasteiger partial charge in [-0.2, -0.15) is 4.98 Å². The van der Waals surface area contributed by atoms with E-state index in [9.17, 15) is 4.79 Å². The van der Waals surface area contributed by atoms with Crippen molar-refractivity contribution in [2.75, 3.05) is 26.2 Å². The van der Waals surface area contributed by atoms with Crippen LogP contribution in [0.4, 0.5) is 0 Å². The number of rotatable bonds is 4. The van der Waals surface area contributed by atoms with E-state index in [4.69, 9.17) is 4.52 Å². The second kappa shape index (κ2) is 6.91. The highest BCUT2D eigenvalue weighted by Gasteiger charge is 2.27. The SMILES string of the molecule is CCc1noc(C(C)N2CCN(C(=O)c3ccccc3)CC2)n1. The fraction of sp³-hybridized carbons (Fsp3) is 0.471. The molecule has 1 unspecified atom stereocenters. The number of amides is 1. The van der Waals surface area contributed by atoms with Crippen molar-refractivity contribution in [3.8, 4) is 0 Å². The lowest BCUT2D eigenvalue weighted by molar-refractivity contribution is 0.0551. The maximum atomic E-state index is 12.5. The van der Waals surface area contributed by atoms with Gasteiger partial charge in [-0.15, -0.1) is 0 Å². The maximum absolute atomic E-state index is 12.5. The number of benzene rings is 1. The van der Waals surface area contributed by atoms with E-state index in [2.05, 4.69) is 22.0 Å². The molecule has 0 saturated carbocycles. The molecule has 0 aliphatic carbocycles. The van der Waals surface area contributed by atoms with Gasteiger partial charge in [-0.3, -0.25) is 9.69 Å². The highest BCUT2D eigenvalue weighted by Crippen LogP contribution is 2.20. The molecular formula is C17H22N4O2. The highest BCUT2D eigenvalue weighted by molar-refractivity contribution is 5.94. The van der Waals surface area contributed by atoms with Gasteiger partial charge in [0.15, 0.2) is 5.82 Å². The first-order chi connectivity index (χ1) is 11.2. The van der Waals surface area contributed by atoms with Crippen LogP contribution in [0.2, 0.25) is 0 Å². The Morgan fingerprint density at radius 3 is 2.52 bits per heavy atom. The van der Waals surface area contributed by atoms with Crippen molar-refractivity contribution in [3.63, 3.8) is 0 Å². The van der Waals surface area contributed by atoms with E-state index in [-0.39, 0.29) is 11.9 Å². The molecule has 1 aromatic carbocycles. The minimum Gasteiger partial charge on any atom is -0.338 e. The Bertz CT molecular complexity index is 648. The fourth-order valence-corrected chi connectivity index (χ4v) is 2.81. The van der Waals surface area contributed by atoms with Crippen molar-refractivity contribution in [2.45, 2.75) is 26.3 Å². The summed E-state index contributed by atoms with van der Waals surface area (Å²) in [4.78, 5) is 21.0. The van der Waals surface area contributed by atoms with Gasteiger partial charge >= 0.3 is 0 Å². The van der Waals surface area contributed by atoms with Crippen molar-refractivity contribution in [1.82, 2.24) is 19.9 Å². The Balaban J connectivity index is 1.58. The van der Waals surface area contributed by atoms with Gasteiger partial charge in [0.05, 0.1) is 6.04 Å². The summed E-state index contributed by atoms with van der Waals surface area (Å²) >= 11 is 0. The first-order valence-corrected chi connectivity index (χ1v) is 8.10. The van der Waals surface area contributed by atoms with Crippen LogP contribution in [0.1, 0.15) is 42.0 Å². The zero-order valence-corrected chi connectivity index (χ0v) is 13.6. The average molecular weight is 314 g/mol. The normalized spacial score (nSPS) is 17.2. The number of hydrogen-bond donors (Lipinski definition) is 0. The minimum absolute atomic E-state index is 0.0803. The molecule has 6 nitrogen and oxygen atoms in total. The van der Waals surface area contributed by atoms with E-state index >= 15 is 0 Å². The zero-order chi connectivity index (χ0) is 16.2. The van der Waals surface area contributed by atoms with E-state index in [1.165, 1.54) is 0 Å². The molecule has 1 atom stereocenters. The van der Waals surface area contributed by atoms with E-state index in [1.807, 2.05) is 42.2 Å². The quantitative estimate of drug-likeness (QED) is 0.865. The number of carbonyl (C=O) groups is 1. The highest BCUT2D eigenvalue weighted by atomic mass is 16.5. The van der Waals surface area contributed by atoms with Crippen LogP contribution >= 0.6 is 0 Å². The van der Waals surface area contributed by atoms with Gasteiger partial charge in [0, 0.05) is 38.2 Å². The third kappa shape index (κ3) is 3.42. The van der Waals surface area contributed by atoms with Crippen LogP contribution in [-0.2, 0) is 6.42 Å². The first-order valence-electron chi connectivity index (χ1n) is 8.10. The van der Waals surface area contributed by atoms with Crippen molar-refractivity contribution < 1.29 is 9.32 Å². The number of carbonyl (C=O) groups excluding carboxylic acids is 1. The summed E-state index contributed by atoms with van der Waals surface area (Å²) in [5.74, 6) is 1.50. The molecule has 0 radical (unpaired) electrons. The number of piperazine rings is 1. The van der Waals surface area contributed by atoms with E-state index in [0.717, 1.165) is 30.9 Å². The molecule has 1 aromatic heterocycles. The standard InChI is InChI=1S/C17H22N4O2/c1-3-15-18-16(23-19-15)13(2)20-9-11-21(12-10-20)17(22)14-7-5-4-6-8-14/h4-8,13H,3,9-12H2,1-2H3. The number of aromatic nitrogens is 2. The monoisotopic (exact) mass is 314 g/mol. The van der Waals surface area contributed by atoms with Crippen LogP contribution < -0.4 is 0 Å². The summed E-state index contributed by atoms with van der Waals surface area (Å²) in [7, 11) is 0. The molecule has 1 amide bonds. The summed E-state index contributed by atoms with van der Waals surface area (Å²) in [6.45, 7) is 7.13.